The van der Waals surface area contributed by atoms with Crippen LogP contribution in [0.3, 0.4) is 0 Å². The van der Waals surface area contributed by atoms with E-state index in [9.17, 15) is 5.11 Å². The largest absolute Gasteiger partial charge is 0.394 e. The average Bonchev–Trinajstić information content (AvgIpc) is 2.43. The summed E-state index contributed by atoms with van der Waals surface area (Å²) in [5, 5.41) is 13.1. The molecule has 0 aliphatic carbocycles. The molecule has 2 nitrogen and oxygen atoms in total. The van der Waals surface area contributed by atoms with Crippen molar-refractivity contribution in [3.05, 3.63) is 70.8 Å². The van der Waals surface area contributed by atoms with Crippen LogP contribution < -0.4 is 5.32 Å². The molecule has 0 saturated carbocycles. The van der Waals surface area contributed by atoms with E-state index in [1.807, 2.05) is 18.2 Å². The maximum atomic E-state index is 9.64. The van der Waals surface area contributed by atoms with E-state index in [0.29, 0.717) is 0 Å². The highest BCUT2D eigenvalue weighted by Gasteiger charge is 2.14. The SMILES string of the molecule is Cc1cccc(C)c1C(CO)NCc1ccccc1. The molecule has 0 aliphatic heterocycles. The molecule has 2 heteroatoms. The molecule has 0 aliphatic rings. The Hall–Kier alpha value is -1.64. The van der Waals surface area contributed by atoms with E-state index in [1.165, 1.54) is 22.3 Å². The number of aliphatic hydroxyl groups is 1. The van der Waals surface area contributed by atoms with Gasteiger partial charge in [0.15, 0.2) is 0 Å². The number of aliphatic hydroxyl groups excluding tert-OH is 1. The van der Waals surface area contributed by atoms with Gasteiger partial charge in [-0.25, -0.2) is 0 Å². The predicted molar refractivity (Wildman–Crippen MR) is 79.0 cm³/mol. The normalized spacial score (nSPS) is 12.4. The average molecular weight is 255 g/mol. The molecule has 0 heterocycles. The first kappa shape index (κ1) is 13.8. The summed E-state index contributed by atoms with van der Waals surface area (Å²) in [4.78, 5) is 0. The van der Waals surface area contributed by atoms with E-state index in [2.05, 4.69) is 49.5 Å². The lowest BCUT2D eigenvalue weighted by Gasteiger charge is -2.21. The van der Waals surface area contributed by atoms with E-state index in [4.69, 9.17) is 0 Å². The Bertz CT molecular complexity index is 502. The first-order valence-electron chi connectivity index (χ1n) is 6.66. The fraction of sp³-hybridized carbons (Fsp3) is 0.294. The summed E-state index contributed by atoms with van der Waals surface area (Å²) >= 11 is 0. The second-order valence-electron chi connectivity index (χ2n) is 4.91. The van der Waals surface area contributed by atoms with Crippen molar-refractivity contribution < 1.29 is 5.11 Å². The van der Waals surface area contributed by atoms with Gasteiger partial charge in [0.2, 0.25) is 0 Å². The molecule has 0 bridgehead atoms. The van der Waals surface area contributed by atoms with Crippen molar-refractivity contribution in [2.24, 2.45) is 0 Å². The van der Waals surface area contributed by atoms with Gasteiger partial charge in [-0.3, -0.25) is 0 Å². The predicted octanol–water partition coefficient (Wildman–Crippen LogP) is 3.13. The van der Waals surface area contributed by atoms with Crippen molar-refractivity contribution >= 4 is 0 Å². The van der Waals surface area contributed by atoms with Gasteiger partial charge in [0.25, 0.3) is 0 Å². The zero-order valence-corrected chi connectivity index (χ0v) is 11.6. The Morgan fingerprint density at radius 2 is 1.58 bits per heavy atom. The van der Waals surface area contributed by atoms with Crippen molar-refractivity contribution in [1.29, 1.82) is 0 Å². The molecule has 1 atom stereocenters. The fourth-order valence-electron chi connectivity index (χ4n) is 2.47. The van der Waals surface area contributed by atoms with E-state index < -0.39 is 0 Å². The minimum Gasteiger partial charge on any atom is -0.394 e. The standard InChI is InChI=1S/C17H21NO/c1-13-7-6-8-14(2)17(13)16(12-19)18-11-15-9-4-3-5-10-15/h3-10,16,18-19H,11-12H2,1-2H3. The van der Waals surface area contributed by atoms with Crippen molar-refractivity contribution in [3.63, 3.8) is 0 Å². The van der Waals surface area contributed by atoms with Crippen LogP contribution in [0.15, 0.2) is 48.5 Å². The van der Waals surface area contributed by atoms with Crippen LogP contribution in [0.2, 0.25) is 0 Å². The maximum Gasteiger partial charge on any atom is 0.0626 e. The number of nitrogens with one attached hydrogen (secondary N) is 1. The number of rotatable bonds is 5. The molecule has 100 valence electrons. The highest BCUT2D eigenvalue weighted by molar-refractivity contribution is 5.36. The summed E-state index contributed by atoms with van der Waals surface area (Å²) < 4.78 is 0. The van der Waals surface area contributed by atoms with Gasteiger partial charge in [0.05, 0.1) is 12.6 Å². The second-order valence-corrected chi connectivity index (χ2v) is 4.91. The van der Waals surface area contributed by atoms with E-state index in [-0.39, 0.29) is 12.6 Å². The van der Waals surface area contributed by atoms with E-state index in [1.54, 1.807) is 0 Å². The minimum absolute atomic E-state index is 0.0126. The fourth-order valence-corrected chi connectivity index (χ4v) is 2.47. The number of aryl methyl sites for hydroxylation is 2. The van der Waals surface area contributed by atoms with Gasteiger partial charge < -0.3 is 10.4 Å². The van der Waals surface area contributed by atoms with Crippen LogP contribution in [0.1, 0.15) is 28.3 Å². The lowest BCUT2D eigenvalue weighted by molar-refractivity contribution is 0.243. The molecule has 1 unspecified atom stereocenters. The van der Waals surface area contributed by atoms with Gasteiger partial charge in [-0.1, -0.05) is 48.5 Å². The van der Waals surface area contributed by atoms with Crippen molar-refractivity contribution in [2.75, 3.05) is 6.61 Å². The van der Waals surface area contributed by atoms with Gasteiger partial charge >= 0.3 is 0 Å². The van der Waals surface area contributed by atoms with Crippen molar-refractivity contribution in [3.8, 4) is 0 Å². The first-order chi connectivity index (χ1) is 9.22. The van der Waals surface area contributed by atoms with Crippen LogP contribution in [0.25, 0.3) is 0 Å². The van der Waals surface area contributed by atoms with Gasteiger partial charge in [0.1, 0.15) is 0 Å². The zero-order chi connectivity index (χ0) is 13.7. The van der Waals surface area contributed by atoms with Crippen LogP contribution in [-0.2, 0) is 6.54 Å². The van der Waals surface area contributed by atoms with Crippen LogP contribution in [0.5, 0.6) is 0 Å². The highest BCUT2D eigenvalue weighted by atomic mass is 16.3. The van der Waals surface area contributed by atoms with Crippen LogP contribution in [0.4, 0.5) is 0 Å². The summed E-state index contributed by atoms with van der Waals surface area (Å²) in [5.74, 6) is 0. The lowest BCUT2D eigenvalue weighted by atomic mass is 9.96. The Kier molecular flexibility index (Phi) is 4.72. The summed E-state index contributed by atoms with van der Waals surface area (Å²) in [6.07, 6.45) is 0. The third-order valence-corrected chi connectivity index (χ3v) is 3.47. The maximum absolute atomic E-state index is 9.64. The molecule has 0 radical (unpaired) electrons. The molecule has 2 rings (SSSR count). The zero-order valence-electron chi connectivity index (χ0n) is 11.6. The molecule has 2 aromatic carbocycles. The molecule has 0 saturated heterocycles. The molecule has 0 fully saturated rings. The Morgan fingerprint density at radius 3 is 2.16 bits per heavy atom. The summed E-state index contributed by atoms with van der Waals surface area (Å²) in [6.45, 7) is 5.06. The topological polar surface area (TPSA) is 32.3 Å². The number of hydrogen-bond acceptors (Lipinski definition) is 2. The number of hydrogen-bond donors (Lipinski definition) is 2. The number of benzene rings is 2. The monoisotopic (exact) mass is 255 g/mol. The van der Waals surface area contributed by atoms with E-state index >= 15 is 0 Å². The molecule has 0 aromatic heterocycles. The van der Waals surface area contributed by atoms with Crippen LogP contribution in [-0.4, -0.2) is 11.7 Å². The molecule has 2 aromatic rings. The molecular formula is C17H21NO. The molecule has 19 heavy (non-hydrogen) atoms. The van der Waals surface area contributed by atoms with Gasteiger partial charge in [-0.2, -0.15) is 0 Å². The quantitative estimate of drug-likeness (QED) is 0.860. The van der Waals surface area contributed by atoms with Crippen molar-refractivity contribution in [1.82, 2.24) is 5.32 Å². The Balaban J connectivity index is 2.12. The Morgan fingerprint density at radius 1 is 0.947 bits per heavy atom. The summed E-state index contributed by atoms with van der Waals surface area (Å²) in [7, 11) is 0. The Labute approximate surface area is 115 Å². The van der Waals surface area contributed by atoms with Gasteiger partial charge in [-0.05, 0) is 36.1 Å². The minimum atomic E-state index is -0.0126. The molecule has 0 amide bonds. The van der Waals surface area contributed by atoms with Crippen LogP contribution in [0, 0.1) is 13.8 Å². The highest BCUT2D eigenvalue weighted by Crippen LogP contribution is 2.21. The van der Waals surface area contributed by atoms with Crippen molar-refractivity contribution in [2.45, 2.75) is 26.4 Å². The summed E-state index contributed by atoms with van der Waals surface area (Å²) in [5.41, 5.74) is 4.88. The summed E-state index contributed by atoms with van der Waals surface area (Å²) in [6, 6.07) is 16.5. The smallest absolute Gasteiger partial charge is 0.0626 e. The van der Waals surface area contributed by atoms with Crippen LogP contribution >= 0.6 is 0 Å². The molecular weight excluding hydrogens is 234 g/mol. The third kappa shape index (κ3) is 3.43. The first-order valence-corrected chi connectivity index (χ1v) is 6.66. The molecule has 0 spiro atoms. The van der Waals surface area contributed by atoms with Gasteiger partial charge in [0, 0.05) is 6.54 Å². The second kappa shape index (κ2) is 6.50. The lowest BCUT2D eigenvalue weighted by Crippen LogP contribution is -2.25. The van der Waals surface area contributed by atoms with E-state index in [0.717, 1.165) is 6.54 Å². The molecule has 2 N–H and O–H groups in total. The third-order valence-electron chi connectivity index (χ3n) is 3.47. The van der Waals surface area contributed by atoms with Gasteiger partial charge in [-0.15, -0.1) is 0 Å².